The molecule has 4 heteroatoms. The van der Waals surface area contributed by atoms with Crippen LogP contribution < -0.4 is 0 Å². The average molecular weight is 276 g/mol. The van der Waals surface area contributed by atoms with Crippen molar-refractivity contribution >= 4 is 38.5 Å². The van der Waals surface area contributed by atoms with Crippen molar-refractivity contribution in [2.24, 2.45) is 0 Å². The van der Waals surface area contributed by atoms with E-state index in [0.717, 1.165) is 20.5 Å². The zero-order valence-corrected chi connectivity index (χ0v) is 11.2. The molecule has 0 saturated heterocycles. The van der Waals surface area contributed by atoms with Gasteiger partial charge >= 0.3 is 0 Å². The van der Waals surface area contributed by atoms with Gasteiger partial charge in [0.05, 0.1) is 4.88 Å². The van der Waals surface area contributed by atoms with Crippen molar-refractivity contribution in [3.63, 3.8) is 0 Å². The largest absolute Gasteiger partial charge is 0.288 e. The van der Waals surface area contributed by atoms with E-state index in [4.69, 9.17) is 0 Å². The Bertz CT molecular complexity index is 739. The molecule has 0 unspecified atom stereocenters. The van der Waals surface area contributed by atoms with Gasteiger partial charge in [-0.1, -0.05) is 6.07 Å². The van der Waals surface area contributed by atoms with Crippen LogP contribution in [0.1, 0.15) is 20.1 Å². The number of aryl methyl sites for hydroxylation is 1. The normalized spacial score (nSPS) is 11.0. The maximum Gasteiger partial charge on any atom is 0.204 e. The quantitative estimate of drug-likeness (QED) is 0.623. The fraction of sp³-hybridized carbons (Fsp3) is 0.0714. The number of rotatable bonds is 2. The topological polar surface area (TPSA) is 17.1 Å². The monoisotopic (exact) mass is 276 g/mol. The molecular formula is C14H9FOS2. The van der Waals surface area contributed by atoms with E-state index < -0.39 is 0 Å². The Hall–Kier alpha value is -1.52. The third kappa shape index (κ3) is 1.87. The van der Waals surface area contributed by atoms with Gasteiger partial charge in [-0.15, -0.1) is 22.7 Å². The number of thiophene rings is 2. The Morgan fingerprint density at radius 3 is 2.78 bits per heavy atom. The number of carbonyl (C=O) groups is 1. The molecule has 3 rings (SSSR count). The van der Waals surface area contributed by atoms with Gasteiger partial charge in [-0.2, -0.15) is 0 Å². The fourth-order valence-corrected chi connectivity index (χ4v) is 3.61. The second kappa shape index (κ2) is 4.30. The number of benzene rings is 1. The Morgan fingerprint density at radius 2 is 2.06 bits per heavy atom. The van der Waals surface area contributed by atoms with Gasteiger partial charge in [0.2, 0.25) is 5.78 Å². The van der Waals surface area contributed by atoms with Crippen LogP contribution in [0.25, 0.3) is 10.1 Å². The number of ketones is 1. The molecule has 3 aromatic rings. The molecule has 0 bridgehead atoms. The van der Waals surface area contributed by atoms with Crippen LogP contribution >= 0.6 is 22.7 Å². The van der Waals surface area contributed by atoms with E-state index in [2.05, 4.69) is 0 Å². The zero-order valence-electron chi connectivity index (χ0n) is 9.57. The highest BCUT2D eigenvalue weighted by atomic mass is 32.1. The summed E-state index contributed by atoms with van der Waals surface area (Å²) >= 11 is 2.90. The predicted octanol–water partition coefficient (Wildman–Crippen LogP) is 4.64. The van der Waals surface area contributed by atoms with Crippen molar-refractivity contribution < 1.29 is 9.18 Å². The predicted molar refractivity (Wildman–Crippen MR) is 74.3 cm³/mol. The Morgan fingerprint density at radius 1 is 1.22 bits per heavy atom. The lowest BCUT2D eigenvalue weighted by molar-refractivity contribution is 0.104. The van der Waals surface area contributed by atoms with Crippen molar-refractivity contribution in [1.82, 2.24) is 0 Å². The Labute approximate surface area is 112 Å². The molecule has 18 heavy (non-hydrogen) atoms. The highest BCUT2D eigenvalue weighted by Gasteiger charge is 2.15. The molecule has 2 aromatic heterocycles. The van der Waals surface area contributed by atoms with Crippen molar-refractivity contribution in [3.05, 3.63) is 56.8 Å². The third-order valence-corrected chi connectivity index (χ3v) is 4.75. The number of fused-ring (bicyclic) bond motifs is 1. The van der Waals surface area contributed by atoms with E-state index in [-0.39, 0.29) is 11.6 Å². The minimum Gasteiger partial charge on any atom is -0.288 e. The van der Waals surface area contributed by atoms with Crippen LogP contribution in [0.5, 0.6) is 0 Å². The zero-order chi connectivity index (χ0) is 12.7. The minimum absolute atomic E-state index is 0.0235. The van der Waals surface area contributed by atoms with E-state index in [1.54, 1.807) is 17.4 Å². The molecule has 0 aliphatic heterocycles. The minimum atomic E-state index is -0.268. The summed E-state index contributed by atoms with van der Waals surface area (Å²) in [6, 6.07) is 8.26. The highest BCUT2D eigenvalue weighted by molar-refractivity contribution is 7.21. The lowest BCUT2D eigenvalue weighted by Gasteiger charge is -1.94. The first-order valence-electron chi connectivity index (χ1n) is 5.43. The molecule has 1 nitrogen and oxygen atoms in total. The lowest BCUT2D eigenvalue weighted by atomic mass is 10.1. The van der Waals surface area contributed by atoms with Gasteiger partial charge in [-0.05, 0) is 42.0 Å². The first-order valence-corrected chi connectivity index (χ1v) is 7.12. The van der Waals surface area contributed by atoms with Crippen LogP contribution in [0.2, 0.25) is 0 Å². The molecule has 0 spiro atoms. The number of hydrogen-bond acceptors (Lipinski definition) is 3. The molecule has 0 aliphatic rings. The molecule has 0 aliphatic carbocycles. The maximum atomic E-state index is 13.1. The van der Waals surface area contributed by atoms with Crippen molar-refractivity contribution in [2.45, 2.75) is 6.92 Å². The van der Waals surface area contributed by atoms with Gasteiger partial charge in [0.15, 0.2) is 0 Å². The third-order valence-electron chi connectivity index (χ3n) is 2.81. The van der Waals surface area contributed by atoms with Crippen LogP contribution in [0.3, 0.4) is 0 Å². The highest BCUT2D eigenvalue weighted by Crippen LogP contribution is 2.29. The molecule has 0 radical (unpaired) electrons. The summed E-state index contributed by atoms with van der Waals surface area (Å²) in [5, 5.41) is 2.83. The van der Waals surface area contributed by atoms with Crippen LogP contribution in [-0.2, 0) is 0 Å². The first kappa shape index (κ1) is 11.6. The van der Waals surface area contributed by atoms with Crippen molar-refractivity contribution in [2.75, 3.05) is 0 Å². The molecule has 0 saturated carbocycles. The van der Waals surface area contributed by atoms with Gasteiger partial charge in [0.1, 0.15) is 5.82 Å². The average Bonchev–Trinajstić information content (AvgIpc) is 2.93. The molecule has 2 heterocycles. The van der Waals surface area contributed by atoms with Crippen LogP contribution in [0.4, 0.5) is 4.39 Å². The molecule has 0 N–H and O–H groups in total. The smallest absolute Gasteiger partial charge is 0.204 e. The molecule has 0 amide bonds. The molecular weight excluding hydrogens is 267 g/mol. The maximum absolute atomic E-state index is 13.1. The second-order valence-electron chi connectivity index (χ2n) is 4.01. The Balaban J connectivity index is 2.10. The molecule has 0 fully saturated rings. The summed E-state index contributed by atoms with van der Waals surface area (Å²) < 4.78 is 13.9. The number of halogens is 1. The molecule has 90 valence electrons. The van der Waals surface area contributed by atoms with E-state index in [1.807, 2.05) is 24.4 Å². The summed E-state index contributed by atoms with van der Waals surface area (Å²) in [5.74, 6) is -0.245. The summed E-state index contributed by atoms with van der Waals surface area (Å²) in [7, 11) is 0. The van der Waals surface area contributed by atoms with E-state index >= 15 is 0 Å². The van der Waals surface area contributed by atoms with Crippen LogP contribution in [-0.4, -0.2) is 5.78 Å². The number of carbonyl (C=O) groups excluding carboxylic acids is 1. The van der Waals surface area contributed by atoms with Gasteiger partial charge in [0.25, 0.3) is 0 Å². The van der Waals surface area contributed by atoms with Crippen LogP contribution in [0.15, 0.2) is 35.7 Å². The summed E-state index contributed by atoms with van der Waals surface area (Å²) in [6.07, 6.45) is 0. The van der Waals surface area contributed by atoms with Gasteiger partial charge < -0.3 is 0 Å². The van der Waals surface area contributed by atoms with E-state index in [0.29, 0.717) is 4.88 Å². The summed E-state index contributed by atoms with van der Waals surface area (Å²) in [6.45, 7) is 1.94. The van der Waals surface area contributed by atoms with Gasteiger partial charge in [-0.25, -0.2) is 4.39 Å². The fourth-order valence-electron chi connectivity index (χ4n) is 1.87. The van der Waals surface area contributed by atoms with Crippen LogP contribution in [0, 0.1) is 12.7 Å². The summed E-state index contributed by atoms with van der Waals surface area (Å²) in [5.41, 5.74) is 0.743. The SMILES string of the molecule is Cc1sccc1C(=O)c1cc2ccc(F)cc2s1. The van der Waals surface area contributed by atoms with Crippen molar-refractivity contribution in [3.8, 4) is 0 Å². The van der Waals surface area contributed by atoms with E-state index in [1.165, 1.54) is 23.5 Å². The Kier molecular flexibility index (Phi) is 2.76. The number of hydrogen-bond donors (Lipinski definition) is 0. The molecule has 0 atom stereocenters. The summed E-state index contributed by atoms with van der Waals surface area (Å²) in [4.78, 5) is 14.0. The van der Waals surface area contributed by atoms with Gasteiger partial charge in [0, 0.05) is 15.1 Å². The van der Waals surface area contributed by atoms with E-state index in [9.17, 15) is 9.18 Å². The van der Waals surface area contributed by atoms with Gasteiger partial charge in [-0.3, -0.25) is 4.79 Å². The van der Waals surface area contributed by atoms with Crippen molar-refractivity contribution in [1.29, 1.82) is 0 Å². The second-order valence-corrected chi connectivity index (χ2v) is 6.22. The first-order chi connectivity index (χ1) is 8.65. The standard InChI is InChI=1S/C14H9FOS2/c1-8-11(4-5-17-8)14(16)13-6-9-2-3-10(15)7-12(9)18-13/h2-7H,1H3. The molecule has 1 aromatic carbocycles. The lowest BCUT2D eigenvalue weighted by Crippen LogP contribution is -1.97.